The molecule has 0 saturated heterocycles. The summed E-state index contributed by atoms with van der Waals surface area (Å²) in [5, 5.41) is 13.8. The third kappa shape index (κ3) is 11.8. The van der Waals surface area contributed by atoms with Crippen LogP contribution in [0.4, 0.5) is 34.1 Å². The minimum atomic E-state index is 0.859. The first kappa shape index (κ1) is 70.0. The molecule has 0 aliphatic rings. The number of rotatable bonds is 15. The quantitative estimate of drug-likeness (QED) is 0.103. The molecule has 0 saturated carbocycles. The number of benzene rings is 20. The molecule has 122 heavy (non-hydrogen) atoms. The molecule has 6 heteroatoms. The van der Waals surface area contributed by atoms with E-state index in [9.17, 15) is 0 Å². The number of nitrogens with zero attached hydrogens (tertiary/aromatic N) is 4. The summed E-state index contributed by atoms with van der Waals surface area (Å²) in [6.07, 6.45) is 0. The van der Waals surface area contributed by atoms with Crippen molar-refractivity contribution in [2.45, 2.75) is 0 Å². The van der Waals surface area contributed by atoms with Crippen LogP contribution in [0.15, 0.2) is 458 Å². The van der Waals surface area contributed by atoms with Gasteiger partial charge in [-0.25, -0.2) is 0 Å². The molecule has 0 fully saturated rings. The molecule has 0 bridgehead atoms. The minimum Gasteiger partial charge on any atom is -0.455 e. The number of aromatic nitrogens is 2. The predicted octanol–water partition coefficient (Wildman–Crippen LogP) is 32.6. The van der Waals surface area contributed by atoms with E-state index in [0.717, 1.165) is 183 Å². The van der Waals surface area contributed by atoms with Gasteiger partial charge in [-0.15, -0.1) is 0 Å². The lowest BCUT2D eigenvalue weighted by Gasteiger charge is -2.28. The van der Waals surface area contributed by atoms with Crippen LogP contribution in [0.1, 0.15) is 0 Å². The first-order valence-electron chi connectivity index (χ1n) is 41.7. The van der Waals surface area contributed by atoms with Gasteiger partial charge >= 0.3 is 0 Å². The van der Waals surface area contributed by atoms with Gasteiger partial charge < -0.3 is 27.8 Å². The Bertz CT molecular complexity index is 8190. The fourth-order valence-corrected chi connectivity index (χ4v) is 19.1. The molecule has 0 radical (unpaired) electrons. The highest BCUT2D eigenvalue weighted by molar-refractivity contribution is 6.22. The highest BCUT2D eigenvalue weighted by Gasteiger charge is 2.25. The number of hydrogen-bond acceptors (Lipinski definition) is 4. The SMILES string of the molecule is c1ccc(-c2ccc(N(c3ccc(-c4ccc5c(c4)c4ccc(-c6ccc(-c7ccc(N(c8ccc(-c9ccc%10c(c9)c9ccccc9n%10-c9ccccc9)cc8)c8ccccc8-c8cccc9oc%10c%11ccccc%11ccc%10c89)cc7)cc6)cc4n5-c4ccccc4)cc3)c3ccc(-c4cccc5oc6c7ccccc7ccc6c45)cc3)cc2)cc1. The highest BCUT2D eigenvalue weighted by atomic mass is 16.3. The Labute approximate surface area is 704 Å². The first-order valence-corrected chi connectivity index (χ1v) is 41.7. The molecule has 24 aromatic rings. The van der Waals surface area contributed by atoms with E-state index in [4.69, 9.17) is 8.83 Å². The van der Waals surface area contributed by atoms with Gasteiger partial charge in [0.2, 0.25) is 0 Å². The Morgan fingerprint density at radius 1 is 0.180 bits per heavy atom. The van der Waals surface area contributed by atoms with Crippen molar-refractivity contribution >= 4 is 143 Å². The Morgan fingerprint density at radius 2 is 0.516 bits per heavy atom. The zero-order valence-corrected chi connectivity index (χ0v) is 66.3. The van der Waals surface area contributed by atoms with Crippen LogP contribution in [0.3, 0.4) is 0 Å². The molecule has 570 valence electrons. The van der Waals surface area contributed by atoms with Crippen LogP contribution in [-0.4, -0.2) is 9.13 Å². The molecular formula is C116H74N4O2. The fourth-order valence-electron chi connectivity index (χ4n) is 19.1. The van der Waals surface area contributed by atoms with Crippen LogP contribution in [0.2, 0.25) is 0 Å². The Hall–Kier alpha value is -16.3. The maximum Gasteiger partial charge on any atom is 0.143 e. The minimum absolute atomic E-state index is 0.859. The summed E-state index contributed by atoms with van der Waals surface area (Å²) in [6.45, 7) is 0. The van der Waals surface area contributed by atoms with Gasteiger partial charge in [0.05, 0.1) is 27.8 Å². The van der Waals surface area contributed by atoms with Crippen LogP contribution in [0, 0.1) is 0 Å². The third-order valence-corrected chi connectivity index (χ3v) is 24.9. The van der Waals surface area contributed by atoms with Gasteiger partial charge in [-0.2, -0.15) is 0 Å². The Morgan fingerprint density at radius 3 is 1.03 bits per heavy atom. The number of fused-ring (bicyclic) bond motifs is 16. The van der Waals surface area contributed by atoms with Gasteiger partial charge in [0, 0.05) is 99.2 Å². The van der Waals surface area contributed by atoms with Crippen LogP contribution >= 0.6 is 0 Å². The van der Waals surface area contributed by atoms with E-state index in [1.54, 1.807) is 0 Å². The molecule has 0 atom stereocenters. The summed E-state index contributed by atoms with van der Waals surface area (Å²) in [5.41, 5.74) is 32.7. The van der Waals surface area contributed by atoms with Crippen molar-refractivity contribution < 1.29 is 8.83 Å². The van der Waals surface area contributed by atoms with Gasteiger partial charge in [0.15, 0.2) is 0 Å². The number of para-hydroxylation sites is 4. The Balaban J connectivity index is 0.551. The van der Waals surface area contributed by atoms with Gasteiger partial charge in [-0.3, -0.25) is 0 Å². The summed E-state index contributed by atoms with van der Waals surface area (Å²) in [5.74, 6) is 0. The second-order valence-corrected chi connectivity index (χ2v) is 31.8. The fraction of sp³-hybridized carbons (Fsp3) is 0. The second kappa shape index (κ2) is 28.8. The van der Waals surface area contributed by atoms with E-state index in [0.29, 0.717) is 0 Å². The molecular weight excluding hydrogens is 1480 g/mol. The van der Waals surface area contributed by atoms with Crippen molar-refractivity contribution in [2.24, 2.45) is 0 Å². The molecule has 0 aliphatic heterocycles. The monoisotopic (exact) mass is 1550 g/mol. The van der Waals surface area contributed by atoms with Gasteiger partial charge in [-0.05, 0) is 235 Å². The topological polar surface area (TPSA) is 42.6 Å². The van der Waals surface area contributed by atoms with Gasteiger partial charge in [0.25, 0.3) is 0 Å². The molecule has 20 aromatic carbocycles. The first-order chi connectivity index (χ1) is 60.5. The van der Waals surface area contributed by atoms with Crippen LogP contribution in [0.25, 0.3) is 198 Å². The van der Waals surface area contributed by atoms with E-state index < -0.39 is 0 Å². The third-order valence-electron chi connectivity index (χ3n) is 24.9. The molecule has 0 spiro atoms. The standard InChI is InChI=1S/C116H74N4O2/c1-4-20-75(21-5-1)77-42-57-90(58-43-77)117(92-65-50-84(51-66-92)95-32-18-36-111-113(95)102-68-52-82-22-10-12-28-96(82)115(102)121-111)91-59-46-80(47-60-91)86-56-71-109-105(73-86)100-67-54-87(74-110(100)120(109)89-26-8-3-9-27-89)79-40-38-76(39-41-79)78-44-61-93(62-45-78)118(106-34-16-14-30-98(106)101-33-19-37-112-114(101)103-69-53-83-23-11-13-29-97(83)116(103)122-112)94-63-48-81(49-64-94)85-55-70-108-104(72-85)99-31-15-17-35-107(99)119(108)88-24-6-2-7-25-88/h1-74H. The lowest BCUT2D eigenvalue weighted by molar-refractivity contribution is 0.672. The largest absolute Gasteiger partial charge is 0.455 e. The molecule has 0 amide bonds. The number of anilines is 6. The molecule has 0 unspecified atom stereocenters. The highest BCUT2D eigenvalue weighted by Crippen LogP contribution is 2.49. The second-order valence-electron chi connectivity index (χ2n) is 31.8. The average Bonchev–Trinajstić information content (AvgIpc) is 1.59. The molecule has 6 nitrogen and oxygen atoms in total. The molecule has 0 aliphatic carbocycles. The van der Waals surface area contributed by atoms with Crippen molar-refractivity contribution in [1.82, 2.24) is 9.13 Å². The maximum absolute atomic E-state index is 6.82. The normalized spacial score (nSPS) is 11.8. The molecule has 0 N–H and O–H groups in total. The van der Waals surface area contributed by atoms with E-state index in [1.807, 2.05) is 0 Å². The van der Waals surface area contributed by atoms with Crippen molar-refractivity contribution in [1.29, 1.82) is 0 Å². The number of hydrogen-bond donors (Lipinski definition) is 0. The Kier molecular flexibility index (Phi) is 16.5. The van der Waals surface area contributed by atoms with E-state index in [-0.39, 0.29) is 0 Å². The van der Waals surface area contributed by atoms with Gasteiger partial charge in [0.1, 0.15) is 22.3 Å². The summed E-state index contributed by atoms with van der Waals surface area (Å²) >= 11 is 0. The summed E-state index contributed by atoms with van der Waals surface area (Å²) in [6, 6.07) is 163. The summed E-state index contributed by atoms with van der Waals surface area (Å²) < 4.78 is 18.3. The molecule has 4 heterocycles. The molecule has 4 aromatic heterocycles. The lowest BCUT2D eigenvalue weighted by atomic mass is 9.95. The van der Waals surface area contributed by atoms with Gasteiger partial charge in [-0.1, -0.05) is 297 Å². The summed E-state index contributed by atoms with van der Waals surface area (Å²) in [7, 11) is 0. The smallest absolute Gasteiger partial charge is 0.143 e. The van der Waals surface area contributed by atoms with E-state index in [1.165, 1.54) is 49.1 Å². The van der Waals surface area contributed by atoms with Crippen LogP contribution < -0.4 is 9.80 Å². The van der Waals surface area contributed by atoms with Crippen molar-refractivity contribution in [2.75, 3.05) is 9.80 Å². The maximum atomic E-state index is 6.82. The average molecular weight is 1560 g/mol. The number of furan rings is 2. The summed E-state index contributed by atoms with van der Waals surface area (Å²) in [4.78, 5) is 4.77. The van der Waals surface area contributed by atoms with E-state index in [2.05, 4.69) is 468 Å². The van der Waals surface area contributed by atoms with Crippen molar-refractivity contribution in [3.63, 3.8) is 0 Å². The lowest BCUT2D eigenvalue weighted by Crippen LogP contribution is -2.11. The van der Waals surface area contributed by atoms with E-state index >= 15 is 0 Å². The van der Waals surface area contributed by atoms with Crippen LogP contribution in [-0.2, 0) is 0 Å². The van der Waals surface area contributed by atoms with Crippen molar-refractivity contribution in [3.8, 4) is 89.3 Å². The zero-order chi connectivity index (χ0) is 80.3. The molecule has 24 rings (SSSR count). The van der Waals surface area contributed by atoms with Crippen molar-refractivity contribution in [3.05, 3.63) is 449 Å². The predicted molar refractivity (Wildman–Crippen MR) is 512 cm³/mol. The zero-order valence-electron chi connectivity index (χ0n) is 66.3. The van der Waals surface area contributed by atoms with Crippen LogP contribution in [0.5, 0.6) is 0 Å².